The second-order valence-electron chi connectivity index (χ2n) is 5.86. The van der Waals surface area contributed by atoms with Gasteiger partial charge in [-0.3, -0.25) is 14.4 Å². The number of nitrogens with one attached hydrogen (secondary N) is 1. The third kappa shape index (κ3) is 3.73. The lowest BCUT2D eigenvalue weighted by molar-refractivity contribution is -0.114. The number of anilines is 1. The third-order valence-corrected chi connectivity index (χ3v) is 3.94. The van der Waals surface area contributed by atoms with E-state index in [1.807, 2.05) is 21.6 Å². The molecule has 1 aliphatic rings. The highest BCUT2D eigenvalue weighted by atomic mass is 16.1. The molecule has 3 heterocycles. The molecule has 1 fully saturated rings. The van der Waals surface area contributed by atoms with E-state index < -0.39 is 0 Å². The summed E-state index contributed by atoms with van der Waals surface area (Å²) in [6.45, 7) is 7.08. The van der Waals surface area contributed by atoms with Gasteiger partial charge in [-0.25, -0.2) is 4.68 Å². The monoisotopic (exact) mass is 318 g/mol. The molecule has 1 saturated heterocycles. The molecule has 0 aliphatic carbocycles. The zero-order valence-electron chi connectivity index (χ0n) is 13.5. The number of nitrogens with zero attached hydrogens (tertiary/aromatic N) is 7. The van der Waals surface area contributed by atoms with Crippen molar-refractivity contribution < 1.29 is 4.79 Å². The highest BCUT2D eigenvalue weighted by Gasteiger charge is 2.26. The van der Waals surface area contributed by atoms with E-state index in [9.17, 15) is 4.79 Å². The van der Waals surface area contributed by atoms with Gasteiger partial charge in [-0.1, -0.05) is 6.92 Å². The fraction of sp³-hybridized carbons (Fsp3) is 0.643. The quantitative estimate of drug-likeness (QED) is 0.842. The highest BCUT2D eigenvalue weighted by Crippen LogP contribution is 2.23. The van der Waals surface area contributed by atoms with Crippen LogP contribution in [0.25, 0.3) is 0 Å². The maximum absolute atomic E-state index is 11.1. The molecule has 0 bridgehead atoms. The Bertz CT molecular complexity index is 663. The van der Waals surface area contributed by atoms with Crippen LogP contribution in [0, 0.1) is 0 Å². The summed E-state index contributed by atoms with van der Waals surface area (Å²) in [4.78, 5) is 13.4. The summed E-state index contributed by atoms with van der Waals surface area (Å²) >= 11 is 0. The molecule has 9 heteroatoms. The van der Waals surface area contributed by atoms with Gasteiger partial charge in [0, 0.05) is 38.8 Å². The van der Waals surface area contributed by atoms with E-state index in [-0.39, 0.29) is 5.91 Å². The number of aromatic nitrogens is 6. The van der Waals surface area contributed by atoms with E-state index in [0.29, 0.717) is 11.9 Å². The van der Waals surface area contributed by atoms with Crippen LogP contribution in [0.15, 0.2) is 12.3 Å². The molecule has 1 unspecified atom stereocenters. The molecule has 1 aliphatic heterocycles. The van der Waals surface area contributed by atoms with Gasteiger partial charge in [0.1, 0.15) is 0 Å². The molecule has 124 valence electrons. The molecular formula is C14H22N8O. The summed E-state index contributed by atoms with van der Waals surface area (Å²) < 4.78 is 3.80. The minimum atomic E-state index is -0.106. The second kappa shape index (κ2) is 6.86. The lowest BCUT2D eigenvalue weighted by Crippen LogP contribution is -2.24. The van der Waals surface area contributed by atoms with Crippen LogP contribution >= 0.6 is 0 Å². The van der Waals surface area contributed by atoms with Crippen LogP contribution in [0.3, 0.4) is 0 Å². The molecule has 1 amide bonds. The number of hydrogen-bond donors (Lipinski definition) is 1. The first-order valence-electron chi connectivity index (χ1n) is 7.96. The van der Waals surface area contributed by atoms with Crippen LogP contribution in [0.2, 0.25) is 0 Å². The Kier molecular flexibility index (Phi) is 4.65. The maximum atomic E-state index is 11.1. The second-order valence-corrected chi connectivity index (χ2v) is 5.86. The lowest BCUT2D eigenvalue weighted by Gasteiger charge is -2.15. The summed E-state index contributed by atoms with van der Waals surface area (Å²) in [5.74, 6) is 1.40. The largest absolute Gasteiger partial charge is 0.309 e. The Morgan fingerprint density at radius 3 is 3.13 bits per heavy atom. The van der Waals surface area contributed by atoms with E-state index in [1.54, 1.807) is 0 Å². The number of aryl methyl sites for hydroxylation is 1. The fourth-order valence-corrected chi connectivity index (χ4v) is 2.88. The molecule has 1 atom stereocenters. The predicted molar refractivity (Wildman–Crippen MR) is 83.6 cm³/mol. The normalized spacial score (nSPS) is 18.4. The molecule has 1 N–H and O–H groups in total. The van der Waals surface area contributed by atoms with Gasteiger partial charge in [-0.05, 0) is 23.3 Å². The molecule has 9 nitrogen and oxygen atoms in total. The van der Waals surface area contributed by atoms with Gasteiger partial charge in [0.2, 0.25) is 5.91 Å². The Hall–Kier alpha value is -2.29. The van der Waals surface area contributed by atoms with Gasteiger partial charge >= 0.3 is 0 Å². The summed E-state index contributed by atoms with van der Waals surface area (Å²) in [5.41, 5.74) is 0. The van der Waals surface area contributed by atoms with Crippen molar-refractivity contribution >= 4 is 11.7 Å². The number of likely N-dealkylation sites (tertiary alicyclic amines) is 1. The van der Waals surface area contributed by atoms with E-state index in [2.05, 4.69) is 37.8 Å². The lowest BCUT2D eigenvalue weighted by atomic mass is 10.3. The standard InChI is InChI=1S/C14H22N8O/c1-3-6-22-14(16-18-19-22)10-20-7-4-12(9-20)21-8-5-13(17-21)15-11(2)23/h5,8,12H,3-4,6-7,9-10H2,1-2H3,(H,15,17,23). The van der Waals surface area contributed by atoms with Crippen molar-refractivity contribution in [3.05, 3.63) is 18.1 Å². The summed E-state index contributed by atoms with van der Waals surface area (Å²) in [7, 11) is 0. The van der Waals surface area contributed by atoms with Crippen LogP contribution in [0.4, 0.5) is 5.82 Å². The first kappa shape index (κ1) is 15.6. The molecule has 3 rings (SSSR count). The van der Waals surface area contributed by atoms with Gasteiger partial charge in [-0.2, -0.15) is 5.10 Å². The average molecular weight is 318 g/mol. The zero-order valence-corrected chi connectivity index (χ0v) is 13.5. The van der Waals surface area contributed by atoms with E-state index >= 15 is 0 Å². The third-order valence-electron chi connectivity index (χ3n) is 3.94. The molecule has 2 aromatic rings. The van der Waals surface area contributed by atoms with Gasteiger partial charge in [-0.15, -0.1) is 5.10 Å². The molecular weight excluding hydrogens is 296 g/mol. The van der Waals surface area contributed by atoms with Crippen molar-refractivity contribution in [1.29, 1.82) is 0 Å². The van der Waals surface area contributed by atoms with Crippen molar-refractivity contribution in [2.45, 2.75) is 45.8 Å². The topological polar surface area (TPSA) is 93.8 Å². The van der Waals surface area contributed by atoms with E-state index in [1.165, 1.54) is 6.92 Å². The minimum Gasteiger partial charge on any atom is -0.309 e. The number of amides is 1. The fourth-order valence-electron chi connectivity index (χ4n) is 2.88. The number of rotatable bonds is 6. The van der Waals surface area contributed by atoms with Crippen LogP contribution in [-0.4, -0.2) is 53.9 Å². The highest BCUT2D eigenvalue weighted by molar-refractivity contribution is 5.87. The van der Waals surface area contributed by atoms with Crippen LogP contribution in [0.1, 0.15) is 38.6 Å². The maximum Gasteiger partial charge on any atom is 0.222 e. The Morgan fingerprint density at radius 2 is 2.35 bits per heavy atom. The molecule has 0 radical (unpaired) electrons. The van der Waals surface area contributed by atoms with Gasteiger partial charge < -0.3 is 5.32 Å². The molecule has 2 aromatic heterocycles. The minimum absolute atomic E-state index is 0.106. The SMILES string of the molecule is CCCn1nnnc1CN1CCC(n2ccc(NC(C)=O)n2)C1. The van der Waals surface area contributed by atoms with Gasteiger partial charge in [0.05, 0.1) is 12.6 Å². The van der Waals surface area contributed by atoms with Crippen molar-refractivity contribution in [2.75, 3.05) is 18.4 Å². The molecule has 0 aromatic carbocycles. The first-order valence-corrected chi connectivity index (χ1v) is 7.96. The summed E-state index contributed by atoms with van der Waals surface area (Å²) in [6.07, 6.45) is 3.96. The number of carbonyl (C=O) groups is 1. The van der Waals surface area contributed by atoms with Gasteiger partial charge in [0.15, 0.2) is 11.6 Å². The van der Waals surface area contributed by atoms with Crippen molar-refractivity contribution in [1.82, 2.24) is 34.9 Å². The van der Waals surface area contributed by atoms with E-state index in [4.69, 9.17) is 0 Å². The van der Waals surface area contributed by atoms with Crippen molar-refractivity contribution in [3.63, 3.8) is 0 Å². The van der Waals surface area contributed by atoms with Crippen LogP contribution < -0.4 is 5.32 Å². The van der Waals surface area contributed by atoms with Crippen molar-refractivity contribution in [2.24, 2.45) is 0 Å². The predicted octanol–water partition coefficient (Wildman–Crippen LogP) is 0.685. The number of hydrogen-bond acceptors (Lipinski definition) is 6. The summed E-state index contributed by atoms with van der Waals surface area (Å²) in [6, 6.07) is 2.14. The average Bonchev–Trinajstić information content (AvgIpc) is 3.21. The van der Waals surface area contributed by atoms with Gasteiger partial charge in [0.25, 0.3) is 0 Å². The molecule has 0 spiro atoms. The Balaban J connectivity index is 1.58. The van der Waals surface area contributed by atoms with E-state index in [0.717, 1.165) is 44.8 Å². The molecule has 0 saturated carbocycles. The number of tetrazole rings is 1. The summed E-state index contributed by atoms with van der Waals surface area (Å²) in [5, 5.41) is 19.0. The first-order chi connectivity index (χ1) is 11.2. The van der Waals surface area contributed by atoms with Crippen LogP contribution in [0.5, 0.6) is 0 Å². The van der Waals surface area contributed by atoms with Crippen LogP contribution in [-0.2, 0) is 17.9 Å². The number of carbonyl (C=O) groups excluding carboxylic acids is 1. The zero-order chi connectivity index (χ0) is 16.2. The smallest absolute Gasteiger partial charge is 0.222 e. The Labute approximate surface area is 134 Å². The Morgan fingerprint density at radius 1 is 1.48 bits per heavy atom. The van der Waals surface area contributed by atoms with Crippen molar-refractivity contribution in [3.8, 4) is 0 Å². The molecule has 23 heavy (non-hydrogen) atoms.